The lowest BCUT2D eigenvalue weighted by Crippen LogP contribution is -2.53. The van der Waals surface area contributed by atoms with Gasteiger partial charge in [0, 0.05) is 24.0 Å². The number of hydrogen-bond donors (Lipinski definition) is 1. The predicted octanol–water partition coefficient (Wildman–Crippen LogP) is 5.42. The molecule has 0 saturated carbocycles. The van der Waals surface area contributed by atoms with Crippen molar-refractivity contribution in [2.75, 3.05) is 23.7 Å². The highest BCUT2D eigenvalue weighted by Gasteiger charge is 2.33. The highest BCUT2D eigenvalue weighted by molar-refractivity contribution is 9.10. The first kappa shape index (κ1) is 31.6. The molecule has 0 heterocycles. The first-order chi connectivity index (χ1) is 18.8. The number of halogens is 3. The Bertz CT molecular complexity index is 1440. The molecule has 1 N–H and O–H groups in total. The van der Waals surface area contributed by atoms with E-state index in [-0.39, 0.29) is 35.5 Å². The van der Waals surface area contributed by atoms with Gasteiger partial charge in [-0.25, -0.2) is 12.8 Å². The van der Waals surface area contributed by atoms with Crippen LogP contribution < -0.4 is 9.62 Å². The predicted molar refractivity (Wildman–Crippen MR) is 160 cm³/mol. The maximum atomic E-state index is 14.0. The second-order valence-corrected chi connectivity index (χ2v) is 13.1. The number of nitrogens with one attached hydrogen (secondary N) is 1. The van der Waals surface area contributed by atoms with E-state index in [0.29, 0.717) is 6.54 Å². The Hall–Kier alpha value is -2.95. The smallest absolute Gasteiger partial charge is 0.244 e. The number of hydrogen-bond acceptors (Lipinski definition) is 4. The number of rotatable bonds is 12. The molecule has 0 saturated heterocycles. The second-order valence-electron chi connectivity index (χ2n) is 9.86. The van der Waals surface area contributed by atoms with Gasteiger partial charge in [-0.1, -0.05) is 83.8 Å². The molecule has 7 nitrogen and oxygen atoms in total. The van der Waals surface area contributed by atoms with Crippen molar-refractivity contribution in [3.8, 4) is 0 Å². The van der Waals surface area contributed by atoms with Crippen molar-refractivity contribution in [1.82, 2.24) is 10.2 Å². The quantitative estimate of drug-likeness (QED) is 0.283. The van der Waals surface area contributed by atoms with E-state index in [1.165, 1.54) is 11.0 Å². The Morgan fingerprint density at radius 1 is 1.00 bits per heavy atom. The first-order valence-electron chi connectivity index (χ1n) is 12.6. The van der Waals surface area contributed by atoms with Gasteiger partial charge in [0.1, 0.15) is 18.4 Å². The maximum Gasteiger partial charge on any atom is 0.244 e. The van der Waals surface area contributed by atoms with Gasteiger partial charge in [0.2, 0.25) is 21.8 Å². The third kappa shape index (κ3) is 9.04. The standard InChI is InChI=1S/C29H32BrClFN3O4S/c1-20(2)17-33-29(37)27(15-21-8-5-4-6-9-21)34(18-22-10-7-11-23(30)14-22)28(36)19-35(40(3,38)39)24-12-13-26(32)25(31)16-24/h4-14,16,20,27H,15,17-19H2,1-3H3,(H,33,37). The third-order valence-electron chi connectivity index (χ3n) is 6.07. The number of sulfonamides is 1. The summed E-state index contributed by atoms with van der Waals surface area (Å²) in [5, 5.41) is 2.65. The van der Waals surface area contributed by atoms with E-state index >= 15 is 0 Å². The van der Waals surface area contributed by atoms with Gasteiger partial charge in [0.05, 0.1) is 17.0 Å². The van der Waals surface area contributed by atoms with E-state index in [1.54, 1.807) is 0 Å². The summed E-state index contributed by atoms with van der Waals surface area (Å²) in [6.07, 6.45) is 1.17. The van der Waals surface area contributed by atoms with E-state index in [0.717, 1.165) is 38.3 Å². The minimum absolute atomic E-state index is 0.0357. The fourth-order valence-corrected chi connectivity index (χ4v) is 5.53. The average molecular weight is 653 g/mol. The monoisotopic (exact) mass is 651 g/mol. The Kier molecular flexibility index (Phi) is 11.1. The number of anilines is 1. The van der Waals surface area contributed by atoms with Crippen LogP contribution in [0.3, 0.4) is 0 Å². The summed E-state index contributed by atoms with van der Waals surface area (Å²) in [5.74, 6) is -1.49. The lowest BCUT2D eigenvalue weighted by molar-refractivity contribution is -0.140. The van der Waals surface area contributed by atoms with E-state index in [1.807, 2.05) is 68.4 Å². The molecule has 11 heteroatoms. The molecule has 0 bridgehead atoms. The lowest BCUT2D eigenvalue weighted by Gasteiger charge is -2.33. The van der Waals surface area contributed by atoms with Crippen molar-refractivity contribution in [2.24, 2.45) is 5.92 Å². The summed E-state index contributed by atoms with van der Waals surface area (Å²) in [6, 6.07) is 19.1. The summed E-state index contributed by atoms with van der Waals surface area (Å²) < 4.78 is 41.1. The van der Waals surface area contributed by atoms with Gasteiger partial charge in [-0.3, -0.25) is 13.9 Å². The molecule has 214 valence electrons. The minimum Gasteiger partial charge on any atom is -0.354 e. The molecule has 3 rings (SSSR count). The van der Waals surface area contributed by atoms with Crippen molar-refractivity contribution in [2.45, 2.75) is 32.9 Å². The summed E-state index contributed by atoms with van der Waals surface area (Å²) in [4.78, 5) is 29.0. The number of carbonyl (C=O) groups excluding carboxylic acids is 2. The van der Waals surface area contributed by atoms with Crippen molar-refractivity contribution in [3.63, 3.8) is 0 Å². The number of carbonyl (C=O) groups is 2. The van der Waals surface area contributed by atoms with Crippen LogP contribution in [0, 0.1) is 11.7 Å². The van der Waals surface area contributed by atoms with Crippen molar-refractivity contribution in [3.05, 3.63) is 99.2 Å². The molecule has 3 aromatic rings. The van der Waals surface area contributed by atoms with Crippen molar-refractivity contribution >= 4 is 55.1 Å². The van der Waals surface area contributed by atoms with Crippen LogP contribution in [-0.2, 0) is 32.6 Å². The summed E-state index contributed by atoms with van der Waals surface area (Å²) in [7, 11) is -3.99. The van der Waals surface area contributed by atoms with Crippen LogP contribution in [0.4, 0.5) is 10.1 Å². The molecule has 0 aliphatic rings. The van der Waals surface area contributed by atoms with Crippen LogP contribution in [0.25, 0.3) is 0 Å². The van der Waals surface area contributed by atoms with Gasteiger partial charge in [-0.15, -0.1) is 0 Å². The van der Waals surface area contributed by atoms with Crippen LogP contribution in [0.1, 0.15) is 25.0 Å². The molecule has 1 atom stereocenters. The Morgan fingerprint density at radius 2 is 1.68 bits per heavy atom. The number of nitrogens with zero attached hydrogens (tertiary/aromatic N) is 2. The Balaban J connectivity index is 2.06. The van der Waals surface area contributed by atoms with E-state index < -0.39 is 34.3 Å². The fraction of sp³-hybridized carbons (Fsp3) is 0.310. The fourth-order valence-electron chi connectivity index (χ4n) is 4.06. The van der Waals surface area contributed by atoms with Gasteiger partial charge in [0.25, 0.3) is 0 Å². The normalized spacial score (nSPS) is 12.2. The van der Waals surface area contributed by atoms with Gasteiger partial charge in [-0.05, 0) is 47.4 Å². The van der Waals surface area contributed by atoms with Crippen LogP contribution in [0.15, 0.2) is 77.3 Å². The molecule has 40 heavy (non-hydrogen) atoms. The molecule has 0 radical (unpaired) electrons. The minimum atomic E-state index is -3.99. The maximum absolute atomic E-state index is 14.0. The zero-order chi connectivity index (χ0) is 29.4. The zero-order valence-electron chi connectivity index (χ0n) is 22.5. The molecule has 0 spiro atoms. The van der Waals surface area contributed by atoms with Crippen LogP contribution >= 0.6 is 27.5 Å². The van der Waals surface area contributed by atoms with Crippen LogP contribution in [-0.4, -0.2) is 50.5 Å². The SMILES string of the molecule is CC(C)CNC(=O)C(Cc1ccccc1)N(Cc1cccc(Br)c1)C(=O)CN(c1ccc(F)c(Cl)c1)S(C)(=O)=O. The molecule has 0 aliphatic heterocycles. The molecular formula is C29H32BrClFN3O4S. The topological polar surface area (TPSA) is 86.8 Å². The molecule has 3 aromatic carbocycles. The highest BCUT2D eigenvalue weighted by Crippen LogP contribution is 2.25. The average Bonchev–Trinajstić information content (AvgIpc) is 2.89. The van der Waals surface area contributed by atoms with E-state index in [2.05, 4.69) is 21.2 Å². The van der Waals surface area contributed by atoms with E-state index in [9.17, 15) is 22.4 Å². The summed E-state index contributed by atoms with van der Waals surface area (Å²) in [6.45, 7) is 3.78. The highest BCUT2D eigenvalue weighted by atomic mass is 79.9. The van der Waals surface area contributed by atoms with Crippen molar-refractivity contribution < 1.29 is 22.4 Å². The summed E-state index contributed by atoms with van der Waals surface area (Å²) >= 11 is 9.37. The molecule has 0 fully saturated rings. The number of amides is 2. The lowest BCUT2D eigenvalue weighted by atomic mass is 10.0. The van der Waals surface area contributed by atoms with Crippen molar-refractivity contribution in [1.29, 1.82) is 0 Å². The number of benzene rings is 3. The first-order valence-corrected chi connectivity index (χ1v) is 15.7. The molecule has 0 aromatic heterocycles. The van der Waals surface area contributed by atoms with Gasteiger partial charge in [0.15, 0.2) is 0 Å². The molecular weight excluding hydrogens is 621 g/mol. The Labute approximate surface area is 248 Å². The van der Waals surface area contributed by atoms with Gasteiger partial charge < -0.3 is 10.2 Å². The second kappa shape index (κ2) is 14.1. The molecule has 2 amide bonds. The molecule has 1 unspecified atom stereocenters. The zero-order valence-corrected chi connectivity index (χ0v) is 25.6. The van der Waals surface area contributed by atoms with Crippen LogP contribution in [0.2, 0.25) is 5.02 Å². The Morgan fingerprint density at radius 3 is 2.27 bits per heavy atom. The van der Waals surface area contributed by atoms with Gasteiger partial charge >= 0.3 is 0 Å². The van der Waals surface area contributed by atoms with E-state index in [4.69, 9.17) is 11.6 Å². The summed E-state index contributed by atoms with van der Waals surface area (Å²) in [5.41, 5.74) is 1.62. The largest absolute Gasteiger partial charge is 0.354 e. The van der Waals surface area contributed by atoms with Gasteiger partial charge in [-0.2, -0.15) is 0 Å². The molecule has 0 aliphatic carbocycles. The third-order valence-corrected chi connectivity index (χ3v) is 7.99. The van der Waals surface area contributed by atoms with Crippen LogP contribution in [0.5, 0.6) is 0 Å².